The van der Waals surface area contributed by atoms with Crippen molar-refractivity contribution in [1.82, 2.24) is 0 Å². The highest BCUT2D eigenvalue weighted by molar-refractivity contribution is 9.10. The molecule has 0 saturated carbocycles. The highest BCUT2D eigenvalue weighted by atomic mass is 79.9. The minimum absolute atomic E-state index is 0.0398. The lowest BCUT2D eigenvalue weighted by molar-refractivity contribution is -0.274. The van der Waals surface area contributed by atoms with Gasteiger partial charge in [0.2, 0.25) is 0 Å². The monoisotopic (exact) mass is 298 g/mol. The average molecular weight is 299 g/mol. The summed E-state index contributed by atoms with van der Waals surface area (Å²) in [6, 6.07) is 1.82. The van der Waals surface area contributed by atoms with Crippen molar-refractivity contribution in [2.24, 2.45) is 5.73 Å². The number of rotatable bonds is 2. The Kier molecular flexibility index (Phi) is 3.32. The van der Waals surface area contributed by atoms with E-state index in [1.807, 2.05) is 0 Å². The number of benzene rings is 1. The normalized spacial score (nSPS) is 11.2. The van der Waals surface area contributed by atoms with Gasteiger partial charge in [-0.2, -0.15) is 0 Å². The van der Waals surface area contributed by atoms with Gasteiger partial charge >= 0.3 is 6.36 Å². The first-order valence-corrected chi connectivity index (χ1v) is 4.64. The largest absolute Gasteiger partial charge is 0.573 e. The molecule has 0 unspecified atom stereocenters. The number of anilines is 1. The zero-order valence-electron chi connectivity index (χ0n) is 7.64. The van der Waals surface area contributed by atoms with Crippen LogP contribution in [0.15, 0.2) is 16.6 Å². The number of alkyl halides is 3. The fourth-order valence-electron chi connectivity index (χ4n) is 0.989. The van der Waals surface area contributed by atoms with Crippen molar-refractivity contribution in [2.45, 2.75) is 6.36 Å². The fourth-order valence-corrected chi connectivity index (χ4v) is 1.43. The summed E-state index contributed by atoms with van der Waals surface area (Å²) < 4.78 is 39.5. The van der Waals surface area contributed by atoms with Crippen LogP contribution in [0.4, 0.5) is 18.9 Å². The van der Waals surface area contributed by atoms with Crippen molar-refractivity contribution in [3.05, 3.63) is 22.2 Å². The van der Waals surface area contributed by atoms with Crippen molar-refractivity contribution in [3.8, 4) is 5.75 Å². The second-order valence-corrected chi connectivity index (χ2v) is 3.63. The zero-order chi connectivity index (χ0) is 12.5. The number of amides is 1. The van der Waals surface area contributed by atoms with Gasteiger partial charge in [0, 0.05) is 4.47 Å². The van der Waals surface area contributed by atoms with Crippen LogP contribution in [-0.2, 0) is 0 Å². The minimum Gasteiger partial charge on any atom is -0.406 e. The van der Waals surface area contributed by atoms with E-state index >= 15 is 0 Å². The van der Waals surface area contributed by atoms with E-state index in [1.54, 1.807) is 0 Å². The van der Waals surface area contributed by atoms with Crippen molar-refractivity contribution in [1.29, 1.82) is 0 Å². The summed E-state index contributed by atoms with van der Waals surface area (Å²) in [5.41, 5.74) is 10.1. The molecule has 4 nitrogen and oxygen atoms in total. The van der Waals surface area contributed by atoms with Crippen LogP contribution in [0.2, 0.25) is 0 Å². The average Bonchev–Trinajstić information content (AvgIpc) is 2.07. The molecule has 0 bridgehead atoms. The molecular weight excluding hydrogens is 293 g/mol. The highest BCUT2D eigenvalue weighted by Crippen LogP contribution is 2.31. The first-order chi connectivity index (χ1) is 7.20. The van der Waals surface area contributed by atoms with Crippen LogP contribution in [0, 0.1) is 0 Å². The van der Waals surface area contributed by atoms with Gasteiger partial charge in [0.1, 0.15) is 5.75 Å². The van der Waals surface area contributed by atoms with Gasteiger partial charge in [0.05, 0.1) is 11.3 Å². The SMILES string of the molecule is NC(=O)c1cc(OC(F)(F)F)cc(Br)c1N. The molecule has 0 aliphatic rings. The van der Waals surface area contributed by atoms with E-state index in [4.69, 9.17) is 11.5 Å². The van der Waals surface area contributed by atoms with Crippen LogP contribution < -0.4 is 16.2 Å². The molecule has 16 heavy (non-hydrogen) atoms. The van der Waals surface area contributed by atoms with E-state index in [9.17, 15) is 18.0 Å². The predicted octanol–water partition coefficient (Wildman–Crippen LogP) is 2.03. The van der Waals surface area contributed by atoms with E-state index in [-0.39, 0.29) is 15.7 Å². The molecule has 0 radical (unpaired) electrons. The van der Waals surface area contributed by atoms with Crippen molar-refractivity contribution in [3.63, 3.8) is 0 Å². The van der Waals surface area contributed by atoms with Crippen LogP contribution >= 0.6 is 15.9 Å². The Balaban J connectivity index is 3.19. The highest BCUT2D eigenvalue weighted by Gasteiger charge is 2.31. The Hall–Kier alpha value is -1.44. The van der Waals surface area contributed by atoms with Crippen LogP contribution in [0.5, 0.6) is 5.75 Å². The molecule has 1 amide bonds. The van der Waals surface area contributed by atoms with Gasteiger partial charge in [0.15, 0.2) is 0 Å². The lowest BCUT2D eigenvalue weighted by atomic mass is 10.1. The first kappa shape index (κ1) is 12.6. The van der Waals surface area contributed by atoms with Gasteiger partial charge in [-0.1, -0.05) is 0 Å². The summed E-state index contributed by atoms with van der Waals surface area (Å²) in [7, 11) is 0. The van der Waals surface area contributed by atoms with Gasteiger partial charge in [0.25, 0.3) is 5.91 Å². The third-order valence-electron chi connectivity index (χ3n) is 1.60. The standard InChI is InChI=1S/C8H6BrF3N2O2/c9-5-2-3(16-8(10,11)12)1-4(6(5)13)7(14)15/h1-2H,13H2,(H2,14,15). The topological polar surface area (TPSA) is 78.3 Å². The Labute approximate surface area is 96.5 Å². The molecule has 1 rings (SSSR count). The molecule has 0 spiro atoms. The molecule has 4 N–H and O–H groups in total. The number of primary amides is 1. The lowest BCUT2D eigenvalue weighted by Gasteiger charge is -2.11. The summed E-state index contributed by atoms with van der Waals surface area (Å²) >= 11 is 2.89. The lowest BCUT2D eigenvalue weighted by Crippen LogP contribution is -2.19. The van der Waals surface area contributed by atoms with Crippen LogP contribution in [0.1, 0.15) is 10.4 Å². The van der Waals surface area contributed by atoms with E-state index in [1.165, 1.54) is 0 Å². The predicted molar refractivity (Wildman–Crippen MR) is 53.8 cm³/mol. The van der Waals surface area contributed by atoms with Crippen molar-refractivity contribution >= 4 is 27.5 Å². The Morgan fingerprint density at radius 3 is 2.38 bits per heavy atom. The second kappa shape index (κ2) is 4.20. The van der Waals surface area contributed by atoms with E-state index in [2.05, 4.69) is 20.7 Å². The van der Waals surface area contributed by atoms with Gasteiger partial charge in [-0.05, 0) is 28.1 Å². The molecule has 0 aromatic heterocycles. The van der Waals surface area contributed by atoms with Crippen LogP contribution in [-0.4, -0.2) is 12.3 Å². The minimum atomic E-state index is -4.84. The number of nitrogens with two attached hydrogens (primary N) is 2. The maximum absolute atomic E-state index is 11.9. The van der Waals surface area contributed by atoms with Gasteiger partial charge in [-0.25, -0.2) is 0 Å². The summed E-state index contributed by atoms with van der Waals surface area (Å²) in [5, 5.41) is 0. The molecule has 8 heteroatoms. The zero-order valence-corrected chi connectivity index (χ0v) is 9.22. The Morgan fingerprint density at radius 2 is 1.94 bits per heavy atom. The van der Waals surface area contributed by atoms with E-state index in [0.717, 1.165) is 12.1 Å². The molecule has 0 aliphatic heterocycles. The number of ether oxygens (including phenoxy) is 1. The van der Waals surface area contributed by atoms with Crippen LogP contribution in [0.25, 0.3) is 0 Å². The van der Waals surface area contributed by atoms with Crippen molar-refractivity contribution < 1.29 is 22.7 Å². The number of halogens is 4. The quantitative estimate of drug-likeness (QED) is 0.820. The number of carbonyl (C=O) groups excluding carboxylic acids is 1. The Bertz CT molecular complexity index is 434. The molecule has 0 saturated heterocycles. The van der Waals surface area contributed by atoms with Gasteiger partial charge < -0.3 is 16.2 Å². The van der Waals surface area contributed by atoms with Crippen LogP contribution in [0.3, 0.4) is 0 Å². The molecular formula is C8H6BrF3N2O2. The fraction of sp³-hybridized carbons (Fsp3) is 0.125. The molecule has 1 aromatic carbocycles. The number of hydrogen-bond donors (Lipinski definition) is 2. The number of hydrogen-bond acceptors (Lipinski definition) is 3. The number of nitrogen functional groups attached to an aromatic ring is 1. The number of carbonyl (C=O) groups is 1. The molecule has 0 fully saturated rings. The third-order valence-corrected chi connectivity index (χ3v) is 2.26. The third kappa shape index (κ3) is 3.02. The molecule has 0 aliphatic carbocycles. The van der Waals surface area contributed by atoms with Gasteiger partial charge in [-0.3, -0.25) is 4.79 Å². The maximum Gasteiger partial charge on any atom is 0.573 e. The second-order valence-electron chi connectivity index (χ2n) is 2.78. The first-order valence-electron chi connectivity index (χ1n) is 3.85. The summed E-state index contributed by atoms with van der Waals surface area (Å²) in [6.07, 6.45) is -4.84. The smallest absolute Gasteiger partial charge is 0.406 e. The summed E-state index contributed by atoms with van der Waals surface area (Å²) in [4.78, 5) is 10.9. The molecule has 88 valence electrons. The van der Waals surface area contributed by atoms with Crippen molar-refractivity contribution in [2.75, 3.05) is 5.73 Å². The molecule has 0 atom stereocenters. The molecule has 0 heterocycles. The summed E-state index contributed by atoms with van der Waals surface area (Å²) in [6.45, 7) is 0. The molecule has 1 aromatic rings. The summed E-state index contributed by atoms with van der Waals surface area (Å²) in [5.74, 6) is -1.51. The Morgan fingerprint density at radius 1 is 1.38 bits per heavy atom. The van der Waals surface area contributed by atoms with Gasteiger partial charge in [-0.15, -0.1) is 13.2 Å². The van der Waals surface area contributed by atoms with E-state index < -0.39 is 18.0 Å². The maximum atomic E-state index is 11.9. The van der Waals surface area contributed by atoms with E-state index in [0.29, 0.717) is 0 Å².